The highest BCUT2D eigenvalue weighted by molar-refractivity contribution is 6.01. The van der Waals surface area contributed by atoms with Gasteiger partial charge in [0.05, 0.1) is 5.69 Å². The highest BCUT2D eigenvalue weighted by Gasteiger charge is 2.31. The van der Waals surface area contributed by atoms with Crippen LogP contribution < -0.4 is 15.0 Å². The lowest BCUT2D eigenvalue weighted by Crippen LogP contribution is -2.45. The van der Waals surface area contributed by atoms with Crippen LogP contribution in [-0.2, 0) is 16.0 Å². The number of hydrogen-bond donors (Lipinski definition) is 1. The molecule has 1 unspecified atom stereocenters. The van der Waals surface area contributed by atoms with Crippen molar-refractivity contribution in [3.05, 3.63) is 54.1 Å². The van der Waals surface area contributed by atoms with Crippen molar-refractivity contribution in [3.8, 4) is 5.75 Å². The van der Waals surface area contributed by atoms with E-state index in [9.17, 15) is 9.59 Å². The third-order valence-corrected chi connectivity index (χ3v) is 4.43. The van der Waals surface area contributed by atoms with Crippen LogP contribution in [0.4, 0.5) is 11.4 Å². The van der Waals surface area contributed by atoms with E-state index in [0.29, 0.717) is 23.7 Å². The zero-order valence-corrected chi connectivity index (χ0v) is 15.4. The molecule has 0 aliphatic carbocycles. The summed E-state index contributed by atoms with van der Waals surface area (Å²) in [5.74, 6) is 0.420. The number of hydrogen-bond acceptors (Lipinski definition) is 3. The summed E-state index contributed by atoms with van der Waals surface area (Å²) in [6.45, 7) is 6.00. The Morgan fingerprint density at radius 2 is 1.92 bits per heavy atom. The quantitative estimate of drug-likeness (QED) is 0.894. The summed E-state index contributed by atoms with van der Waals surface area (Å²) in [5.41, 5.74) is 2.54. The summed E-state index contributed by atoms with van der Waals surface area (Å²) in [6, 6.07) is 15.5. The molecule has 5 nitrogen and oxygen atoms in total. The maximum absolute atomic E-state index is 12.7. The second-order valence-electron chi connectivity index (χ2n) is 6.81. The van der Waals surface area contributed by atoms with Gasteiger partial charge in [-0.25, -0.2) is 0 Å². The molecular formula is C21H24N2O3. The molecule has 26 heavy (non-hydrogen) atoms. The Morgan fingerprint density at radius 3 is 2.62 bits per heavy atom. The molecule has 0 radical (unpaired) electrons. The van der Waals surface area contributed by atoms with Crippen LogP contribution in [0.25, 0.3) is 0 Å². The first kappa shape index (κ1) is 18.0. The number of amides is 2. The van der Waals surface area contributed by atoms with E-state index in [1.807, 2.05) is 44.2 Å². The second-order valence-corrected chi connectivity index (χ2v) is 6.81. The van der Waals surface area contributed by atoms with E-state index in [-0.39, 0.29) is 17.7 Å². The number of anilines is 2. The van der Waals surface area contributed by atoms with Crippen LogP contribution in [0, 0.1) is 5.92 Å². The number of benzene rings is 2. The predicted octanol–water partition coefficient (Wildman–Crippen LogP) is 3.64. The first-order valence-corrected chi connectivity index (χ1v) is 8.92. The van der Waals surface area contributed by atoms with Crippen LogP contribution in [0.15, 0.2) is 48.5 Å². The third-order valence-electron chi connectivity index (χ3n) is 4.43. The van der Waals surface area contributed by atoms with Crippen molar-refractivity contribution in [3.63, 3.8) is 0 Å². The van der Waals surface area contributed by atoms with Crippen molar-refractivity contribution in [2.45, 2.75) is 33.3 Å². The molecule has 0 saturated heterocycles. The number of ether oxygens (including phenoxy) is 1. The molecular weight excluding hydrogens is 328 g/mol. The van der Waals surface area contributed by atoms with Gasteiger partial charge in [-0.05, 0) is 37.1 Å². The zero-order chi connectivity index (χ0) is 18.7. The maximum Gasteiger partial charge on any atom is 0.267 e. The summed E-state index contributed by atoms with van der Waals surface area (Å²) < 4.78 is 5.73. The summed E-state index contributed by atoms with van der Waals surface area (Å²) in [6.07, 6.45) is 0.232. The van der Waals surface area contributed by atoms with E-state index in [1.54, 1.807) is 17.9 Å². The van der Waals surface area contributed by atoms with E-state index in [4.69, 9.17) is 4.74 Å². The van der Waals surface area contributed by atoms with Crippen LogP contribution >= 0.6 is 0 Å². The van der Waals surface area contributed by atoms with Gasteiger partial charge in [-0.15, -0.1) is 0 Å². The van der Waals surface area contributed by atoms with Gasteiger partial charge in [-0.3, -0.25) is 9.59 Å². The van der Waals surface area contributed by atoms with Gasteiger partial charge in [0, 0.05) is 18.2 Å². The minimum Gasteiger partial charge on any atom is -0.479 e. The number of carbonyl (C=O) groups excluding carboxylic acids is 2. The molecule has 1 aliphatic rings. The smallest absolute Gasteiger partial charge is 0.267 e. The minimum absolute atomic E-state index is 0.0581. The van der Waals surface area contributed by atoms with Gasteiger partial charge < -0.3 is 15.0 Å². The molecule has 0 fully saturated rings. The molecule has 0 saturated carbocycles. The van der Waals surface area contributed by atoms with E-state index in [0.717, 1.165) is 6.42 Å². The molecule has 2 aromatic rings. The molecule has 5 heteroatoms. The number of carbonyl (C=O) groups is 2. The van der Waals surface area contributed by atoms with Crippen LogP contribution in [0.5, 0.6) is 5.75 Å². The molecule has 136 valence electrons. The summed E-state index contributed by atoms with van der Waals surface area (Å²) in [7, 11) is 0. The lowest BCUT2D eigenvalue weighted by Gasteiger charge is -2.33. The second kappa shape index (κ2) is 7.60. The van der Waals surface area contributed by atoms with Gasteiger partial charge in [-0.1, -0.05) is 44.2 Å². The Labute approximate surface area is 154 Å². The standard InChI is InChI=1S/C21H24N2O3/c1-14(2)20(24)22-17-9-10-19-18(13-17)23(21(25)15(3)26-19)12-11-16-7-5-4-6-8-16/h4-10,13-15H,11-12H2,1-3H3,(H,22,24). The van der Waals surface area contributed by atoms with Gasteiger partial charge in [0.25, 0.3) is 5.91 Å². The van der Waals surface area contributed by atoms with Gasteiger partial charge in [0.1, 0.15) is 5.75 Å². The SMILES string of the molecule is CC(C)C(=O)Nc1ccc2c(c1)N(CCc1ccccc1)C(=O)C(C)O2. The average molecular weight is 352 g/mol. The normalized spacial score (nSPS) is 16.2. The van der Waals surface area contributed by atoms with Crippen molar-refractivity contribution in [2.24, 2.45) is 5.92 Å². The fourth-order valence-electron chi connectivity index (χ4n) is 2.89. The zero-order valence-electron chi connectivity index (χ0n) is 15.4. The maximum atomic E-state index is 12.7. The Morgan fingerprint density at radius 1 is 1.19 bits per heavy atom. The van der Waals surface area contributed by atoms with Crippen LogP contribution in [0.3, 0.4) is 0 Å². The summed E-state index contributed by atoms with van der Waals surface area (Å²) in [4.78, 5) is 26.4. The first-order valence-electron chi connectivity index (χ1n) is 8.92. The minimum atomic E-state index is -0.519. The highest BCUT2D eigenvalue weighted by Crippen LogP contribution is 2.36. The lowest BCUT2D eigenvalue weighted by atomic mass is 10.1. The molecule has 1 heterocycles. The Bertz CT molecular complexity index is 802. The molecule has 1 aliphatic heterocycles. The van der Waals surface area contributed by atoms with E-state index in [2.05, 4.69) is 17.4 Å². The van der Waals surface area contributed by atoms with E-state index >= 15 is 0 Å². The van der Waals surface area contributed by atoms with Crippen LogP contribution in [0.1, 0.15) is 26.3 Å². The molecule has 0 bridgehead atoms. The fraction of sp³-hybridized carbons (Fsp3) is 0.333. The Kier molecular flexibility index (Phi) is 5.26. The predicted molar refractivity (Wildman–Crippen MR) is 102 cm³/mol. The molecule has 1 atom stereocenters. The van der Waals surface area contributed by atoms with Gasteiger partial charge >= 0.3 is 0 Å². The molecule has 2 aromatic carbocycles. The van der Waals surface area contributed by atoms with Crippen LogP contribution in [-0.4, -0.2) is 24.5 Å². The molecule has 1 N–H and O–H groups in total. The first-order chi connectivity index (χ1) is 12.5. The van der Waals surface area contributed by atoms with Crippen molar-refractivity contribution < 1.29 is 14.3 Å². The van der Waals surface area contributed by atoms with E-state index < -0.39 is 6.10 Å². The largest absolute Gasteiger partial charge is 0.479 e. The van der Waals surface area contributed by atoms with E-state index in [1.165, 1.54) is 5.56 Å². The van der Waals surface area contributed by atoms with Gasteiger partial charge in [0.15, 0.2) is 6.10 Å². The number of nitrogens with one attached hydrogen (secondary N) is 1. The average Bonchev–Trinajstić information content (AvgIpc) is 2.63. The monoisotopic (exact) mass is 352 g/mol. The Balaban J connectivity index is 1.85. The topological polar surface area (TPSA) is 58.6 Å². The molecule has 0 aromatic heterocycles. The fourth-order valence-corrected chi connectivity index (χ4v) is 2.89. The number of nitrogens with zero attached hydrogens (tertiary/aromatic N) is 1. The third kappa shape index (κ3) is 3.87. The Hall–Kier alpha value is -2.82. The summed E-state index contributed by atoms with van der Waals surface area (Å²) in [5, 5.41) is 2.88. The van der Waals surface area contributed by atoms with Crippen molar-refractivity contribution >= 4 is 23.2 Å². The number of fused-ring (bicyclic) bond motifs is 1. The highest BCUT2D eigenvalue weighted by atomic mass is 16.5. The molecule has 3 rings (SSSR count). The van der Waals surface area contributed by atoms with Gasteiger partial charge in [-0.2, -0.15) is 0 Å². The van der Waals surface area contributed by atoms with Crippen molar-refractivity contribution in [1.29, 1.82) is 0 Å². The van der Waals surface area contributed by atoms with Crippen LogP contribution in [0.2, 0.25) is 0 Å². The summed E-state index contributed by atoms with van der Waals surface area (Å²) >= 11 is 0. The lowest BCUT2D eigenvalue weighted by molar-refractivity contribution is -0.125. The molecule has 0 spiro atoms. The number of rotatable bonds is 5. The molecule has 2 amide bonds. The van der Waals surface area contributed by atoms with Crippen molar-refractivity contribution in [1.82, 2.24) is 0 Å². The van der Waals surface area contributed by atoms with Gasteiger partial charge in [0.2, 0.25) is 5.91 Å². The van der Waals surface area contributed by atoms with Crippen molar-refractivity contribution in [2.75, 3.05) is 16.8 Å².